The lowest BCUT2D eigenvalue weighted by molar-refractivity contribution is 1.19. The Labute approximate surface area is 186 Å². The minimum Gasteiger partial charge on any atom is -0.228 e. The second-order valence-electron chi connectivity index (χ2n) is 7.88. The second-order valence-corrected chi connectivity index (χ2v) is 7.88. The van der Waals surface area contributed by atoms with Crippen LogP contribution in [0.4, 0.5) is 0 Å². The van der Waals surface area contributed by atoms with Gasteiger partial charge < -0.3 is 0 Å². The van der Waals surface area contributed by atoms with E-state index in [0.717, 1.165) is 33.9 Å². The third-order valence-electron chi connectivity index (χ3n) is 5.87. The molecular weight excluding hydrogens is 388 g/mol. The zero-order valence-electron chi connectivity index (χ0n) is 17.4. The molecule has 0 radical (unpaired) electrons. The molecular formula is C30H20N2. The number of nitrogens with zero attached hydrogens (tertiary/aromatic N) is 2. The van der Waals surface area contributed by atoms with Crippen LogP contribution < -0.4 is 0 Å². The van der Waals surface area contributed by atoms with Crippen molar-refractivity contribution in [3.63, 3.8) is 0 Å². The summed E-state index contributed by atoms with van der Waals surface area (Å²) in [6.07, 6.45) is 0. The zero-order valence-corrected chi connectivity index (χ0v) is 17.4. The number of rotatable bonds is 3. The first-order valence-corrected chi connectivity index (χ1v) is 10.8. The summed E-state index contributed by atoms with van der Waals surface area (Å²) in [7, 11) is 0. The van der Waals surface area contributed by atoms with Gasteiger partial charge in [0.05, 0.1) is 11.4 Å². The van der Waals surface area contributed by atoms with Gasteiger partial charge in [-0.3, -0.25) is 0 Å². The molecule has 6 rings (SSSR count). The second kappa shape index (κ2) is 7.75. The predicted octanol–water partition coefficient (Wildman–Crippen LogP) is 7.78. The molecule has 150 valence electrons. The normalized spacial score (nSPS) is 11.1. The fourth-order valence-electron chi connectivity index (χ4n) is 4.32. The number of aromatic nitrogens is 2. The first-order valence-electron chi connectivity index (χ1n) is 10.8. The van der Waals surface area contributed by atoms with Crippen LogP contribution in [0.1, 0.15) is 0 Å². The van der Waals surface area contributed by atoms with E-state index in [1.807, 2.05) is 36.4 Å². The molecule has 2 heteroatoms. The molecule has 0 amide bonds. The standard InChI is InChI=1S/C30H20N2/c1-3-11-21(12-4-1)28-20-29(32-30(31-28)22-13-5-2-6-14-22)27-19-23-15-7-8-16-24(23)25-17-9-10-18-26(25)27/h1-20H. The van der Waals surface area contributed by atoms with Crippen molar-refractivity contribution < 1.29 is 0 Å². The largest absolute Gasteiger partial charge is 0.228 e. The molecule has 0 unspecified atom stereocenters. The fourth-order valence-corrected chi connectivity index (χ4v) is 4.32. The van der Waals surface area contributed by atoms with Crippen LogP contribution in [-0.4, -0.2) is 9.97 Å². The maximum Gasteiger partial charge on any atom is 0.160 e. The highest BCUT2D eigenvalue weighted by Crippen LogP contribution is 2.36. The molecule has 0 saturated heterocycles. The highest BCUT2D eigenvalue weighted by atomic mass is 14.9. The molecule has 0 fully saturated rings. The molecule has 0 atom stereocenters. The van der Waals surface area contributed by atoms with Crippen molar-refractivity contribution in [1.29, 1.82) is 0 Å². The summed E-state index contributed by atoms with van der Waals surface area (Å²) in [6.45, 7) is 0. The lowest BCUT2D eigenvalue weighted by Gasteiger charge is -2.13. The van der Waals surface area contributed by atoms with Gasteiger partial charge in [-0.05, 0) is 33.7 Å². The molecule has 0 aliphatic heterocycles. The van der Waals surface area contributed by atoms with Gasteiger partial charge >= 0.3 is 0 Å². The average Bonchev–Trinajstić information content (AvgIpc) is 2.89. The summed E-state index contributed by atoms with van der Waals surface area (Å²) in [5.74, 6) is 0.735. The average molecular weight is 409 g/mol. The third-order valence-corrected chi connectivity index (χ3v) is 5.87. The highest BCUT2D eigenvalue weighted by Gasteiger charge is 2.14. The summed E-state index contributed by atoms with van der Waals surface area (Å²) in [4.78, 5) is 9.98. The van der Waals surface area contributed by atoms with Crippen molar-refractivity contribution in [1.82, 2.24) is 9.97 Å². The van der Waals surface area contributed by atoms with Gasteiger partial charge in [0.25, 0.3) is 0 Å². The number of hydrogen-bond donors (Lipinski definition) is 0. The minimum absolute atomic E-state index is 0.735. The molecule has 0 spiro atoms. The summed E-state index contributed by atoms with van der Waals surface area (Å²) in [5.41, 5.74) is 5.07. The van der Waals surface area contributed by atoms with Gasteiger partial charge in [0, 0.05) is 16.7 Å². The van der Waals surface area contributed by atoms with Crippen LogP contribution in [0.15, 0.2) is 121 Å². The molecule has 5 aromatic carbocycles. The Kier molecular flexibility index (Phi) is 4.47. The van der Waals surface area contributed by atoms with Crippen molar-refractivity contribution in [2.24, 2.45) is 0 Å². The van der Waals surface area contributed by atoms with Gasteiger partial charge in [-0.25, -0.2) is 9.97 Å². The van der Waals surface area contributed by atoms with Crippen LogP contribution in [-0.2, 0) is 0 Å². The van der Waals surface area contributed by atoms with Gasteiger partial charge in [0.1, 0.15) is 0 Å². The van der Waals surface area contributed by atoms with Gasteiger partial charge in [0.15, 0.2) is 5.82 Å². The predicted molar refractivity (Wildman–Crippen MR) is 133 cm³/mol. The zero-order chi connectivity index (χ0) is 21.3. The lowest BCUT2D eigenvalue weighted by atomic mass is 9.95. The fraction of sp³-hybridized carbons (Fsp3) is 0. The molecule has 32 heavy (non-hydrogen) atoms. The van der Waals surface area contributed by atoms with E-state index in [0.29, 0.717) is 0 Å². The quantitative estimate of drug-likeness (QED) is 0.279. The van der Waals surface area contributed by atoms with E-state index in [1.54, 1.807) is 0 Å². The molecule has 0 aliphatic carbocycles. The van der Waals surface area contributed by atoms with Crippen molar-refractivity contribution in [3.8, 4) is 33.9 Å². The molecule has 0 N–H and O–H groups in total. The van der Waals surface area contributed by atoms with Crippen molar-refractivity contribution in [2.75, 3.05) is 0 Å². The number of benzene rings is 5. The Balaban J connectivity index is 1.67. The topological polar surface area (TPSA) is 25.8 Å². The first kappa shape index (κ1) is 18.5. The number of fused-ring (bicyclic) bond motifs is 3. The van der Waals surface area contributed by atoms with E-state index < -0.39 is 0 Å². The van der Waals surface area contributed by atoms with Gasteiger partial charge in [0.2, 0.25) is 0 Å². The minimum atomic E-state index is 0.735. The molecule has 1 aromatic heterocycles. The van der Waals surface area contributed by atoms with E-state index in [-0.39, 0.29) is 0 Å². The monoisotopic (exact) mass is 408 g/mol. The van der Waals surface area contributed by atoms with Crippen LogP contribution in [0.5, 0.6) is 0 Å². The molecule has 0 aliphatic rings. The smallest absolute Gasteiger partial charge is 0.160 e. The van der Waals surface area contributed by atoms with E-state index in [1.165, 1.54) is 21.5 Å². The Morgan fingerprint density at radius 1 is 0.406 bits per heavy atom. The Morgan fingerprint density at radius 3 is 1.72 bits per heavy atom. The molecule has 0 bridgehead atoms. The maximum absolute atomic E-state index is 5.05. The number of hydrogen-bond acceptors (Lipinski definition) is 2. The van der Waals surface area contributed by atoms with Crippen molar-refractivity contribution >= 4 is 21.5 Å². The SMILES string of the molecule is c1ccc(-c2cc(-c3cc4ccccc4c4ccccc34)nc(-c3ccccc3)n2)cc1. The Bertz CT molecular complexity index is 1500. The van der Waals surface area contributed by atoms with Gasteiger partial charge in [-0.15, -0.1) is 0 Å². The molecule has 0 saturated carbocycles. The third kappa shape index (κ3) is 3.23. The van der Waals surface area contributed by atoms with Gasteiger partial charge in [-0.2, -0.15) is 0 Å². The van der Waals surface area contributed by atoms with E-state index in [9.17, 15) is 0 Å². The molecule has 1 heterocycles. The summed E-state index contributed by atoms with van der Waals surface area (Å²) in [6, 6.07) is 42.0. The van der Waals surface area contributed by atoms with Crippen LogP contribution in [0.2, 0.25) is 0 Å². The van der Waals surface area contributed by atoms with Gasteiger partial charge in [-0.1, -0.05) is 109 Å². The Hall–Kier alpha value is -4.30. The lowest BCUT2D eigenvalue weighted by Crippen LogP contribution is -1.96. The van der Waals surface area contributed by atoms with Crippen molar-refractivity contribution in [2.45, 2.75) is 0 Å². The van der Waals surface area contributed by atoms with Crippen LogP contribution in [0.25, 0.3) is 55.4 Å². The van der Waals surface area contributed by atoms with Crippen LogP contribution in [0.3, 0.4) is 0 Å². The van der Waals surface area contributed by atoms with Crippen LogP contribution in [0, 0.1) is 0 Å². The van der Waals surface area contributed by atoms with Crippen molar-refractivity contribution in [3.05, 3.63) is 121 Å². The van der Waals surface area contributed by atoms with E-state index in [4.69, 9.17) is 9.97 Å². The Morgan fingerprint density at radius 2 is 0.969 bits per heavy atom. The summed E-state index contributed by atoms with van der Waals surface area (Å²) >= 11 is 0. The molecule has 6 aromatic rings. The first-order chi connectivity index (χ1) is 15.9. The summed E-state index contributed by atoms with van der Waals surface area (Å²) in [5, 5.41) is 4.90. The van der Waals surface area contributed by atoms with E-state index >= 15 is 0 Å². The molecule has 2 nitrogen and oxygen atoms in total. The summed E-state index contributed by atoms with van der Waals surface area (Å²) < 4.78 is 0. The maximum atomic E-state index is 5.05. The van der Waals surface area contributed by atoms with E-state index in [2.05, 4.69) is 84.9 Å². The van der Waals surface area contributed by atoms with Crippen LogP contribution >= 0.6 is 0 Å². The highest BCUT2D eigenvalue weighted by molar-refractivity contribution is 6.13.